The maximum Gasteiger partial charge on any atom is 0.0581 e. The van der Waals surface area contributed by atoms with Crippen LogP contribution < -0.4 is 4.90 Å². The first kappa shape index (κ1) is 13.1. The van der Waals surface area contributed by atoms with Gasteiger partial charge in [0.15, 0.2) is 0 Å². The van der Waals surface area contributed by atoms with Crippen LogP contribution in [0.5, 0.6) is 0 Å². The van der Waals surface area contributed by atoms with Crippen LogP contribution in [0.15, 0.2) is 72.8 Å². The largest absolute Gasteiger partial charge is 0.309 e. The van der Waals surface area contributed by atoms with Gasteiger partial charge in [0.2, 0.25) is 0 Å². The summed E-state index contributed by atoms with van der Waals surface area (Å²) in [6.45, 7) is 4.58. The molecule has 1 heteroatoms. The zero-order valence-electron chi connectivity index (χ0n) is 12.9. The van der Waals surface area contributed by atoms with Crippen LogP contribution in [0.3, 0.4) is 0 Å². The van der Waals surface area contributed by atoms with E-state index in [-0.39, 0.29) is 5.41 Å². The van der Waals surface area contributed by atoms with E-state index < -0.39 is 0 Å². The van der Waals surface area contributed by atoms with E-state index in [0.29, 0.717) is 0 Å². The standard InChI is InChI=1S/C21H18N/c1-21(2)17-12-6-8-14-19(17)22(16-10-4-3-5-11-16)20-15-9-7-13-18(20)21/h3-14H,1-2H3. The summed E-state index contributed by atoms with van der Waals surface area (Å²) >= 11 is 0. The number of hydrogen-bond donors (Lipinski definition) is 0. The lowest BCUT2D eigenvalue weighted by molar-refractivity contribution is 0.631. The minimum absolute atomic E-state index is 0.0189. The molecule has 22 heavy (non-hydrogen) atoms. The summed E-state index contributed by atoms with van der Waals surface area (Å²) in [5.74, 6) is 0. The topological polar surface area (TPSA) is 3.24 Å². The quantitative estimate of drug-likeness (QED) is 0.562. The molecule has 0 spiro atoms. The molecule has 0 bridgehead atoms. The number of para-hydroxylation sites is 3. The molecule has 0 unspecified atom stereocenters. The summed E-state index contributed by atoms with van der Waals surface area (Å²) in [5, 5.41) is 0. The van der Waals surface area contributed by atoms with E-state index in [1.807, 2.05) is 6.07 Å². The maximum atomic E-state index is 3.46. The van der Waals surface area contributed by atoms with Crippen molar-refractivity contribution >= 4 is 17.1 Å². The van der Waals surface area contributed by atoms with Crippen molar-refractivity contribution in [2.75, 3.05) is 4.90 Å². The monoisotopic (exact) mass is 284 g/mol. The van der Waals surface area contributed by atoms with Crippen molar-refractivity contribution < 1.29 is 0 Å². The van der Waals surface area contributed by atoms with Gasteiger partial charge in [0, 0.05) is 17.2 Å². The second kappa shape index (κ2) is 4.74. The Bertz CT molecular complexity index is 769. The lowest BCUT2D eigenvalue weighted by Crippen LogP contribution is -2.30. The van der Waals surface area contributed by atoms with Gasteiger partial charge in [0.05, 0.1) is 11.4 Å². The van der Waals surface area contributed by atoms with E-state index >= 15 is 0 Å². The highest BCUT2D eigenvalue weighted by molar-refractivity contribution is 5.85. The molecule has 0 aromatic heterocycles. The molecular formula is C21H18N. The van der Waals surface area contributed by atoms with Crippen molar-refractivity contribution in [3.63, 3.8) is 0 Å². The van der Waals surface area contributed by atoms with Crippen LogP contribution in [-0.2, 0) is 5.41 Å². The SMILES string of the molecule is CC1(C)c2ccc[c]c2N(c2ccccc2)c2ccccc21. The van der Waals surface area contributed by atoms with E-state index in [4.69, 9.17) is 0 Å². The van der Waals surface area contributed by atoms with Gasteiger partial charge in [-0.3, -0.25) is 0 Å². The number of hydrogen-bond acceptors (Lipinski definition) is 1. The van der Waals surface area contributed by atoms with Gasteiger partial charge in [-0.1, -0.05) is 68.4 Å². The molecule has 0 amide bonds. The van der Waals surface area contributed by atoms with Gasteiger partial charge in [0.1, 0.15) is 0 Å². The average molecular weight is 284 g/mol. The summed E-state index contributed by atoms with van der Waals surface area (Å²) in [4.78, 5) is 2.32. The Morgan fingerprint density at radius 1 is 0.773 bits per heavy atom. The summed E-state index contributed by atoms with van der Waals surface area (Å²) in [7, 11) is 0. The third-order valence-electron chi connectivity index (χ3n) is 4.56. The van der Waals surface area contributed by atoms with Crippen LogP contribution in [0.1, 0.15) is 25.0 Å². The fourth-order valence-electron chi connectivity index (χ4n) is 3.43. The summed E-state index contributed by atoms with van der Waals surface area (Å²) < 4.78 is 0. The van der Waals surface area contributed by atoms with Crippen molar-refractivity contribution in [1.29, 1.82) is 0 Å². The highest BCUT2D eigenvalue weighted by Gasteiger charge is 2.36. The van der Waals surface area contributed by atoms with Gasteiger partial charge in [0.25, 0.3) is 0 Å². The Kier molecular flexibility index (Phi) is 2.83. The molecule has 1 nitrogen and oxygen atoms in total. The summed E-state index contributed by atoms with van der Waals surface area (Å²) in [6, 6.07) is 29.0. The van der Waals surface area contributed by atoms with Crippen molar-refractivity contribution in [3.05, 3.63) is 90.0 Å². The molecule has 3 aromatic rings. The third kappa shape index (κ3) is 1.79. The van der Waals surface area contributed by atoms with Crippen LogP contribution >= 0.6 is 0 Å². The molecule has 1 heterocycles. The third-order valence-corrected chi connectivity index (χ3v) is 4.56. The number of nitrogens with zero attached hydrogens (tertiary/aromatic N) is 1. The Balaban J connectivity index is 2.05. The van der Waals surface area contributed by atoms with Crippen LogP contribution in [0.25, 0.3) is 0 Å². The van der Waals surface area contributed by atoms with E-state index in [1.165, 1.54) is 22.5 Å². The molecule has 0 aliphatic carbocycles. The Morgan fingerprint density at radius 2 is 1.45 bits per heavy atom. The molecule has 4 rings (SSSR count). The zero-order valence-corrected chi connectivity index (χ0v) is 12.9. The van der Waals surface area contributed by atoms with Gasteiger partial charge in [-0.25, -0.2) is 0 Å². The highest BCUT2D eigenvalue weighted by Crippen LogP contribution is 2.51. The van der Waals surface area contributed by atoms with Crippen LogP contribution in [0.4, 0.5) is 17.1 Å². The molecule has 0 saturated carbocycles. The Hall–Kier alpha value is -2.54. The predicted octanol–water partition coefficient (Wildman–Crippen LogP) is 5.60. The predicted molar refractivity (Wildman–Crippen MR) is 92.1 cm³/mol. The number of benzene rings is 3. The molecule has 1 radical (unpaired) electrons. The average Bonchev–Trinajstić information content (AvgIpc) is 2.56. The molecule has 3 aromatic carbocycles. The number of anilines is 3. The zero-order chi connectivity index (χ0) is 15.2. The van der Waals surface area contributed by atoms with Gasteiger partial charge >= 0.3 is 0 Å². The van der Waals surface area contributed by atoms with Gasteiger partial charge < -0.3 is 4.90 Å². The Labute approximate surface area is 131 Å². The molecule has 0 N–H and O–H groups in total. The molecule has 0 saturated heterocycles. The van der Waals surface area contributed by atoms with E-state index in [0.717, 1.165) is 5.69 Å². The van der Waals surface area contributed by atoms with Crippen molar-refractivity contribution in [3.8, 4) is 0 Å². The van der Waals surface area contributed by atoms with Gasteiger partial charge in [-0.15, -0.1) is 0 Å². The fourth-order valence-corrected chi connectivity index (χ4v) is 3.43. The first-order valence-corrected chi connectivity index (χ1v) is 7.65. The van der Waals surface area contributed by atoms with Crippen molar-refractivity contribution in [1.82, 2.24) is 0 Å². The number of fused-ring (bicyclic) bond motifs is 2. The second-order valence-electron chi connectivity index (χ2n) is 6.25. The first-order valence-electron chi connectivity index (χ1n) is 7.65. The minimum Gasteiger partial charge on any atom is -0.309 e. The molecule has 0 fully saturated rings. The summed E-state index contributed by atoms with van der Waals surface area (Å²) in [5.41, 5.74) is 6.22. The van der Waals surface area contributed by atoms with E-state index in [1.54, 1.807) is 0 Å². The van der Waals surface area contributed by atoms with Crippen LogP contribution in [0.2, 0.25) is 0 Å². The maximum absolute atomic E-state index is 3.46. The molecule has 107 valence electrons. The normalized spacial score (nSPS) is 15.1. The fraction of sp³-hybridized carbons (Fsp3) is 0.143. The first-order chi connectivity index (χ1) is 10.7. The van der Waals surface area contributed by atoms with E-state index in [9.17, 15) is 0 Å². The lowest BCUT2D eigenvalue weighted by Gasteiger charge is -2.41. The summed E-state index contributed by atoms with van der Waals surface area (Å²) in [6.07, 6.45) is 0. The van der Waals surface area contributed by atoms with Gasteiger partial charge in [-0.05, 0) is 29.3 Å². The molecule has 0 atom stereocenters. The van der Waals surface area contributed by atoms with Crippen LogP contribution in [-0.4, -0.2) is 0 Å². The molecule has 1 aliphatic heterocycles. The van der Waals surface area contributed by atoms with Crippen molar-refractivity contribution in [2.45, 2.75) is 19.3 Å². The van der Waals surface area contributed by atoms with Gasteiger partial charge in [-0.2, -0.15) is 0 Å². The molecular weight excluding hydrogens is 266 g/mol. The highest BCUT2D eigenvalue weighted by atomic mass is 15.2. The van der Waals surface area contributed by atoms with Crippen LogP contribution in [0, 0.1) is 6.07 Å². The second-order valence-corrected chi connectivity index (χ2v) is 6.25. The number of rotatable bonds is 1. The lowest BCUT2D eigenvalue weighted by atomic mass is 9.73. The van der Waals surface area contributed by atoms with Crippen molar-refractivity contribution in [2.24, 2.45) is 0 Å². The minimum atomic E-state index is -0.0189. The Morgan fingerprint density at radius 3 is 2.27 bits per heavy atom. The molecule has 1 aliphatic rings. The van der Waals surface area contributed by atoms with E-state index in [2.05, 4.69) is 91.5 Å². The smallest absolute Gasteiger partial charge is 0.0581 e.